The quantitative estimate of drug-likeness (QED) is 0.771. The highest BCUT2D eigenvalue weighted by Crippen LogP contribution is 2.28. The molecule has 0 fully saturated rings. The first-order valence-electron chi connectivity index (χ1n) is 4.59. The molecule has 1 aromatic carbocycles. The van der Waals surface area contributed by atoms with E-state index in [-0.39, 0.29) is 0 Å². The SMILES string of the molecule is Cc1cn(-c2c(Cl)cccc2Cl)nc1C=O. The average molecular weight is 255 g/mol. The smallest absolute Gasteiger partial charge is 0.170 e. The van der Waals surface area contributed by atoms with Crippen LogP contribution in [-0.4, -0.2) is 16.1 Å². The van der Waals surface area contributed by atoms with Crippen LogP contribution in [0.3, 0.4) is 0 Å². The van der Waals surface area contributed by atoms with Crippen molar-refractivity contribution in [2.24, 2.45) is 0 Å². The minimum atomic E-state index is 0.385. The Balaban J connectivity index is 2.63. The highest BCUT2D eigenvalue weighted by atomic mass is 35.5. The van der Waals surface area contributed by atoms with E-state index in [0.29, 0.717) is 27.7 Å². The predicted octanol–water partition coefficient (Wildman–Crippen LogP) is 3.30. The Morgan fingerprint density at radius 3 is 2.44 bits per heavy atom. The molecule has 0 aliphatic carbocycles. The zero-order chi connectivity index (χ0) is 11.7. The highest BCUT2D eigenvalue weighted by Gasteiger charge is 2.11. The van der Waals surface area contributed by atoms with Crippen molar-refractivity contribution in [1.82, 2.24) is 9.78 Å². The van der Waals surface area contributed by atoms with Gasteiger partial charge in [-0.1, -0.05) is 29.3 Å². The van der Waals surface area contributed by atoms with Gasteiger partial charge >= 0.3 is 0 Å². The Bertz CT molecular complexity index is 529. The first-order valence-corrected chi connectivity index (χ1v) is 5.35. The standard InChI is InChI=1S/C11H8Cl2N2O/c1-7-5-15(14-10(7)6-16)11-8(12)3-2-4-9(11)13/h2-6H,1H3. The third-order valence-electron chi connectivity index (χ3n) is 2.21. The van der Waals surface area contributed by atoms with Gasteiger partial charge in [-0.15, -0.1) is 0 Å². The number of nitrogens with zero attached hydrogens (tertiary/aromatic N) is 2. The van der Waals surface area contributed by atoms with Gasteiger partial charge in [0.05, 0.1) is 10.0 Å². The lowest BCUT2D eigenvalue weighted by Crippen LogP contribution is -1.97. The van der Waals surface area contributed by atoms with E-state index in [9.17, 15) is 4.79 Å². The Morgan fingerprint density at radius 1 is 1.31 bits per heavy atom. The molecule has 0 unspecified atom stereocenters. The lowest BCUT2D eigenvalue weighted by molar-refractivity contribution is 0.111. The molecule has 0 amide bonds. The number of aldehydes is 1. The van der Waals surface area contributed by atoms with E-state index in [0.717, 1.165) is 5.56 Å². The molecule has 0 radical (unpaired) electrons. The van der Waals surface area contributed by atoms with Gasteiger partial charge in [-0.2, -0.15) is 5.10 Å². The minimum Gasteiger partial charge on any atom is -0.296 e. The molecule has 1 heterocycles. The second kappa shape index (κ2) is 4.28. The fourth-order valence-electron chi connectivity index (χ4n) is 1.41. The number of aryl methyl sites for hydroxylation is 1. The first-order chi connectivity index (χ1) is 7.63. The number of para-hydroxylation sites is 1. The van der Waals surface area contributed by atoms with Crippen LogP contribution in [0, 0.1) is 6.92 Å². The summed E-state index contributed by atoms with van der Waals surface area (Å²) >= 11 is 12.1. The van der Waals surface area contributed by atoms with Crippen molar-refractivity contribution in [2.45, 2.75) is 6.92 Å². The van der Waals surface area contributed by atoms with Gasteiger partial charge < -0.3 is 0 Å². The van der Waals surface area contributed by atoms with Crippen LogP contribution in [0.5, 0.6) is 0 Å². The van der Waals surface area contributed by atoms with Crippen LogP contribution in [-0.2, 0) is 0 Å². The fourth-order valence-corrected chi connectivity index (χ4v) is 1.98. The zero-order valence-electron chi connectivity index (χ0n) is 8.45. The van der Waals surface area contributed by atoms with E-state index in [1.54, 1.807) is 31.3 Å². The maximum Gasteiger partial charge on any atom is 0.170 e. The van der Waals surface area contributed by atoms with E-state index < -0.39 is 0 Å². The van der Waals surface area contributed by atoms with Crippen molar-refractivity contribution in [1.29, 1.82) is 0 Å². The first kappa shape index (κ1) is 11.2. The van der Waals surface area contributed by atoms with Gasteiger partial charge in [0.15, 0.2) is 6.29 Å². The molecule has 2 rings (SSSR count). The predicted molar refractivity (Wildman–Crippen MR) is 63.7 cm³/mol. The summed E-state index contributed by atoms with van der Waals surface area (Å²) in [6.45, 7) is 1.80. The maximum absolute atomic E-state index is 10.7. The average Bonchev–Trinajstić information content (AvgIpc) is 2.59. The van der Waals surface area contributed by atoms with Crippen molar-refractivity contribution in [3.8, 4) is 5.69 Å². The number of halogens is 2. The molecule has 0 aliphatic rings. The molecule has 5 heteroatoms. The van der Waals surface area contributed by atoms with E-state index in [4.69, 9.17) is 23.2 Å². The monoisotopic (exact) mass is 254 g/mol. The number of hydrogen-bond donors (Lipinski definition) is 0. The zero-order valence-corrected chi connectivity index (χ0v) is 9.96. The Hall–Kier alpha value is -1.32. The van der Waals surface area contributed by atoms with Gasteiger partial charge in [0.25, 0.3) is 0 Å². The molecule has 0 aliphatic heterocycles. The van der Waals surface area contributed by atoms with Crippen LogP contribution in [0.1, 0.15) is 16.1 Å². The van der Waals surface area contributed by atoms with Crippen molar-refractivity contribution in [3.63, 3.8) is 0 Å². The summed E-state index contributed by atoms with van der Waals surface area (Å²) in [7, 11) is 0. The van der Waals surface area contributed by atoms with Gasteiger partial charge in [0.2, 0.25) is 0 Å². The summed E-state index contributed by atoms with van der Waals surface area (Å²) in [4.78, 5) is 10.7. The molecule has 82 valence electrons. The van der Waals surface area contributed by atoms with E-state index >= 15 is 0 Å². The summed E-state index contributed by atoms with van der Waals surface area (Å²) in [5.74, 6) is 0. The Morgan fingerprint density at radius 2 is 1.94 bits per heavy atom. The van der Waals surface area contributed by atoms with Crippen LogP contribution < -0.4 is 0 Å². The molecule has 0 bridgehead atoms. The normalized spacial score (nSPS) is 10.4. The fraction of sp³-hybridized carbons (Fsp3) is 0.0909. The second-order valence-electron chi connectivity index (χ2n) is 3.33. The third-order valence-corrected chi connectivity index (χ3v) is 2.82. The molecular weight excluding hydrogens is 247 g/mol. The van der Waals surface area contributed by atoms with Crippen molar-refractivity contribution in [2.75, 3.05) is 0 Å². The van der Waals surface area contributed by atoms with E-state index in [1.807, 2.05) is 0 Å². The molecule has 0 atom stereocenters. The molecular formula is C11H8Cl2N2O. The number of rotatable bonds is 2. The van der Waals surface area contributed by atoms with Gasteiger partial charge in [0, 0.05) is 6.20 Å². The van der Waals surface area contributed by atoms with Gasteiger partial charge in [-0.25, -0.2) is 4.68 Å². The van der Waals surface area contributed by atoms with Crippen LogP contribution in [0.4, 0.5) is 0 Å². The largest absolute Gasteiger partial charge is 0.296 e. The lowest BCUT2D eigenvalue weighted by atomic mass is 10.3. The summed E-state index contributed by atoms with van der Waals surface area (Å²) < 4.78 is 1.52. The summed E-state index contributed by atoms with van der Waals surface area (Å²) in [6.07, 6.45) is 2.42. The number of carbonyl (C=O) groups excluding carboxylic acids is 1. The van der Waals surface area contributed by atoms with Gasteiger partial charge in [-0.05, 0) is 24.6 Å². The molecule has 0 N–H and O–H groups in total. The van der Waals surface area contributed by atoms with Gasteiger partial charge in [-0.3, -0.25) is 4.79 Å². The van der Waals surface area contributed by atoms with Crippen LogP contribution in [0.2, 0.25) is 10.0 Å². The molecule has 0 spiro atoms. The molecule has 0 saturated carbocycles. The summed E-state index contributed by atoms with van der Waals surface area (Å²) in [5.41, 5.74) is 1.75. The van der Waals surface area contributed by atoms with Gasteiger partial charge in [0.1, 0.15) is 11.4 Å². The topological polar surface area (TPSA) is 34.9 Å². The molecule has 16 heavy (non-hydrogen) atoms. The number of carbonyl (C=O) groups is 1. The third kappa shape index (κ3) is 1.84. The summed E-state index contributed by atoms with van der Waals surface area (Å²) in [6, 6.07) is 5.20. The van der Waals surface area contributed by atoms with Crippen LogP contribution >= 0.6 is 23.2 Å². The lowest BCUT2D eigenvalue weighted by Gasteiger charge is -2.05. The molecule has 3 nitrogen and oxygen atoms in total. The molecule has 1 aromatic heterocycles. The number of benzene rings is 1. The summed E-state index contributed by atoms with van der Waals surface area (Å²) in [5, 5.41) is 5.09. The van der Waals surface area contributed by atoms with E-state index in [2.05, 4.69) is 5.10 Å². The van der Waals surface area contributed by atoms with Crippen LogP contribution in [0.15, 0.2) is 24.4 Å². The highest BCUT2D eigenvalue weighted by molar-refractivity contribution is 6.37. The molecule has 0 saturated heterocycles. The van der Waals surface area contributed by atoms with Crippen molar-refractivity contribution in [3.05, 3.63) is 45.7 Å². The second-order valence-corrected chi connectivity index (χ2v) is 4.14. The van der Waals surface area contributed by atoms with Crippen molar-refractivity contribution >= 4 is 29.5 Å². The van der Waals surface area contributed by atoms with Crippen molar-refractivity contribution < 1.29 is 4.79 Å². The maximum atomic E-state index is 10.7. The minimum absolute atomic E-state index is 0.385. The number of hydrogen-bond acceptors (Lipinski definition) is 2. The Labute approximate surface area is 103 Å². The Kier molecular flexibility index (Phi) is 2.99. The van der Waals surface area contributed by atoms with E-state index in [1.165, 1.54) is 4.68 Å². The number of aromatic nitrogens is 2. The van der Waals surface area contributed by atoms with Crippen LogP contribution in [0.25, 0.3) is 5.69 Å². The molecule has 2 aromatic rings.